The third-order valence-electron chi connectivity index (χ3n) is 3.75. The number of aliphatic carboxylic acids is 1. The molecular weight excluding hydrogens is 370 g/mol. The molecule has 0 saturated carbocycles. The third kappa shape index (κ3) is 6.10. The second kappa shape index (κ2) is 9.18. The van der Waals surface area contributed by atoms with Crippen LogP contribution in [0.15, 0.2) is 53.4 Å². The summed E-state index contributed by atoms with van der Waals surface area (Å²) in [5.74, 6) is -0.758. The predicted molar refractivity (Wildman–Crippen MR) is 101 cm³/mol. The van der Waals surface area contributed by atoms with E-state index in [0.29, 0.717) is 17.9 Å². The Morgan fingerprint density at radius 1 is 1.11 bits per heavy atom. The maximum absolute atomic E-state index is 12.3. The Hall–Kier alpha value is -2.87. The van der Waals surface area contributed by atoms with Gasteiger partial charge >= 0.3 is 5.97 Å². The molecule has 0 atom stereocenters. The number of carbonyl (C=O) groups excluding carboxylic acids is 1. The predicted octanol–water partition coefficient (Wildman–Crippen LogP) is 2.98. The van der Waals surface area contributed by atoms with Crippen molar-refractivity contribution in [3.63, 3.8) is 0 Å². The van der Waals surface area contributed by atoms with Crippen LogP contribution in [-0.4, -0.2) is 37.8 Å². The fourth-order valence-corrected chi connectivity index (χ4v) is 3.17. The number of carboxylic acids is 1. The molecule has 2 rings (SSSR count). The fraction of sp³-hybridized carbons (Fsp3) is 0.263. The number of rotatable bonds is 9. The van der Waals surface area contributed by atoms with Crippen LogP contribution in [0.4, 0.5) is 5.69 Å². The minimum atomic E-state index is -3.38. The highest BCUT2D eigenvalue weighted by molar-refractivity contribution is 7.91. The molecule has 1 amide bonds. The highest BCUT2D eigenvalue weighted by Gasteiger charge is 2.14. The Bertz CT molecular complexity index is 906. The molecule has 0 aliphatic carbocycles. The first-order chi connectivity index (χ1) is 12.8. The summed E-state index contributed by atoms with van der Waals surface area (Å²) in [4.78, 5) is 22.9. The van der Waals surface area contributed by atoms with Crippen LogP contribution in [0.5, 0.6) is 5.75 Å². The van der Waals surface area contributed by atoms with Gasteiger partial charge in [-0.3, -0.25) is 9.59 Å². The minimum absolute atomic E-state index is 0.0357. The summed E-state index contributed by atoms with van der Waals surface area (Å²) in [6.45, 7) is 1.84. The van der Waals surface area contributed by atoms with Crippen molar-refractivity contribution in [2.45, 2.75) is 24.7 Å². The molecule has 27 heavy (non-hydrogen) atoms. The average Bonchev–Trinajstić information content (AvgIpc) is 2.66. The van der Waals surface area contributed by atoms with Crippen molar-refractivity contribution in [3.8, 4) is 5.75 Å². The maximum atomic E-state index is 12.3. The zero-order valence-corrected chi connectivity index (χ0v) is 15.7. The van der Waals surface area contributed by atoms with Crippen LogP contribution < -0.4 is 10.1 Å². The Labute approximate surface area is 157 Å². The van der Waals surface area contributed by atoms with Crippen LogP contribution in [-0.2, 0) is 14.6 Å². The van der Waals surface area contributed by atoms with E-state index in [1.807, 2.05) is 0 Å². The zero-order chi connectivity index (χ0) is 19.9. The molecule has 0 bridgehead atoms. The lowest BCUT2D eigenvalue weighted by Gasteiger charge is -2.09. The SMILES string of the molecule is CCS(=O)(=O)c1cccc(C(=O)Nc2ccc(OCCCC(=O)O)cc2)c1. The largest absolute Gasteiger partial charge is 0.494 e. The van der Waals surface area contributed by atoms with Gasteiger partial charge in [0.05, 0.1) is 17.3 Å². The van der Waals surface area contributed by atoms with E-state index >= 15 is 0 Å². The first kappa shape index (κ1) is 20.4. The van der Waals surface area contributed by atoms with Crippen LogP contribution in [0.2, 0.25) is 0 Å². The summed E-state index contributed by atoms with van der Waals surface area (Å²) >= 11 is 0. The van der Waals surface area contributed by atoms with Crippen molar-refractivity contribution in [1.29, 1.82) is 0 Å². The molecule has 0 aliphatic heterocycles. The second-order valence-electron chi connectivity index (χ2n) is 5.76. The van der Waals surface area contributed by atoms with E-state index in [4.69, 9.17) is 9.84 Å². The summed E-state index contributed by atoms with van der Waals surface area (Å²) < 4.78 is 29.3. The van der Waals surface area contributed by atoms with Gasteiger partial charge in [-0.05, 0) is 48.9 Å². The average molecular weight is 391 g/mol. The van der Waals surface area contributed by atoms with Gasteiger partial charge in [-0.2, -0.15) is 0 Å². The molecule has 0 saturated heterocycles. The molecule has 0 heterocycles. The van der Waals surface area contributed by atoms with Gasteiger partial charge in [0.25, 0.3) is 5.91 Å². The number of benzene rings is 2. The van der Waals surface area contributed by atoms with Gasteiger partial charge in [-0.25, -0.2) is 8.42 Å². The third-order valence-corrected chi connectivity index (χ3v) is 5.48. The van der Waals surface area contributed by atoms with Crippen molar-refractivity contribution in [1.82, 2.24) is 0 Å². The number of carbonyl (C=O) groups is 2. The van der Waals surface area contributed by atoms with Crippen LogP contribution >= 0.6 is 0 Å². The van der Waals surface area contributed by atoms with Gasteiger partial charge in [-0.1, -0.05) is 13.0 Å². The van der Waals surface area contributed by atoms with Gasteiger partial charge in [0, 0.05) is 17.7 Å². The van der Waals surface area contributed by atoms with E-state index in [1.54, 1.807) is 37.3 Å². The maximum Gasteiger partial charge on any atom is 0.303 e. The summed E-state index contributed by atoms with van der Waals surface area (Å²) in [5.41, 5.74) is 0.778. The van der Waals surface area contributed by atoms with E-state index in [2.05, 4.69) is 5.32 Å². The summed E-state index contributed by atoms with van der Waals surface area (Å²) in [7, 11) is -3.38. The van der Waals surface area contributed by atoms with Crippen molar-refractivity contribution < 1.29 is 27.9 Å². The van der Waals surface area contributed by atoms with Gasteiger partial charge in [-0.15, -0.1) is 0 Å². The van der Waals surface area contributed by atoms with Crippen molar-refractivity contribution in [3.05, 3.63) is 54.1 Å². The normalized spacial score (nSPS) is 11.0. The van der Waals surface area contributed by atoms with Crippen molar-refractivity contribution >= 4 is 27.4 Å². The first-order valence-electron chi connectivity index (χ1n) is 8.40. The number of sulfone groups is 1. The highest BCUT2D eigenvalue weighted by atomic mass is 32.2. The molecular formula is C19H21NO6S. The fourth-order valence-electron chi connectivity index (χ4n) is 2.25. The van der Waals surface area contributed by atoms with E-state index in [-0.39, 0.29) is 29.2 Å². The number of anilines is 1. The second-order valence-corrected chi connectivity index (χ2v) is 8.03. The standard InChI is InChI=1S/C19H21NO6S/c1-2-27(24,25)17-6-3-5-14(13-17)19(23)20-15-8-10-16(11-9-15)26-12-4-7-18(21)22/h3,5-6,8-11,13H,2,4,7,12H2,1H3,(H,20,23)(H,21,22). The molecule has 144 valence electrons. The highest BCUT2D eigenvalue weighted by Crippen LogP contribution is 2.18. The van der Waals surface area contributed by atoms with E-state index in [1.165, 1.54) is 18.2 Å². The Morgan fingerprint density at radius 3 is 2.44 bits per heavy atom. The van der Waals surface area contributed by atoms with E-state index in [0.717, 1.165) is 0 Å². The Morgan fingerprint density at radius 2 is 1.81 bits per heavy atom. The molecule has 2 aromatic rings. The molecule has 2 N–H and O–H groups in total. The summed E-state index contributed by atoms with van der Waals surface area (Å²) in [6, 6.07) is 12.5. The Balaban J connectivity index is 1.98. The lowest BCUT2D eigenvalue weighted by Crippen LogP contribution is -2.13. The molecule has 8 heteroatoms. The minimum Gasteiger partial charge on any atom is -0.494 e. The van der Waals surface area contributed by atoms with Crippen LogP contribution in [0.25, 0.3) is 0 Å². The smallest absolute Gasteiger partial charge is 0.303 e. The van der Waals surface area contributed by atoms with Crippen molar-refractivity contribution in [2.24, 2.45) is 0 Å². The lowest BCUT2D eigenvalue weighted by molar-refractivity contribution is -0.137. The first-order valence-corrected chi connectivity index (χ1v) is 10.1. The number of ether oxygens (including phenoxy) is 1. The molecule has 2 aromatic carbocycles. The molecule has 0 spiro atoms. The number of nitrogens with one attached hydrogen (secondary N) is 1. The van der Waals surface area contributed by atoms with Gasteiger partial charge in [0.1, 0.15) is 5.75 Å². The van der Waals surface area contributed by atoms with Gasteiger partial charge in [0.15, 0.2) is 9.84 Å². The quantitative estimate of drug-likeness (QED) is 0.636. The summed E-state index contributed by atoms with van der Waals surface area (Å²) in [6.07, 6.45) is 0.450. The van der Waals surface area contributed by atoms with Crippen molar-refractivity contribution in [2.75, 3.05) is 17.7 Å². The number of hydrogen-bond donors (Lipinski definition) is 2. The number of carboxylic acid groups (broad SMARTS) is 1. The topological polar surface area (TPSA) is 110 Å². The molecule has 7 nitrogen and oxygen atoms in total. The zero-order valence-electron chi connectivity index (χ0n) is 14.8. The van der Waals surface area contributed by atoms with Gasteiger partial charge in [0.2, 0.25) is 0 Å². The van der Waals surface area contributed by atoms with Crippen LogP contribution in [0.1, 0.15) is 30.1 Å². The van der Waals surface area contributed by atoms with Gasteiger partial charge < -0.3 is 15.2 Å². The molecule has 0 radical (unpaired) electrons. The van der Waals surface area contributed by atoms with Crippen LogP contribution in [0.3, 0.4) is 0 Å². The molecule has 0 aliphatic rings. The van der Waals surface area contributed by atoms with E-state index < -0.39 is 21.7 Å². The van der Waals surface area contributed by atoms with Crippen LogP contribution in [0, 0.1) is 0 Å². The monoisotopic (exact) mass is 391 g/mol. The van der Waals surface area contributed by atoms with E-state index in [9.17, 15) is 18.0 Å². The molecule has 0 aromatic heterocycles. The summed E-state index contributed by atoms with van der Waals surface area (Å²) in [5, 5.41) is 11.3. The molecule has 0 unspecified atom stereocenters. The number of hydrogen-bond acceptors (Lipinski definition) is 5. The Kier molecular flexibility index (Phi) is 6.95. The molecule has 0 fully saturated rings. The lowest BCUT2D eigenvalue weighted by atomic mass is 10.2. The number of amides is 1.